The highest BCUT2D eigenvalue weighted by Gasteiger charge is 2.11. The Morgan fingerprint density at radius 3 is 2.94 bits per heavy atom. The maximum absolute atomic E-state index is 8.93. The molecule has 0 aliphatic carbocycles. The highest BCUT2D eigenvalue weighted by atomic mass is 32.1. The van der Waals surface area contributed by atoms with Crippen LogP contribution in [0.25, 0.3) is 22.4 Å². The van der Waals surface area contributed by atoms with Gasteiger partial charge in [0.05, 0.1) is 22.7 Å². The third-order valence-electron chi connectivity index (χ3n) is 2.97. The first kappa shape index (κ1) is 11.0. The number of aryl methyl sites for hydroxylation is 1. The fraction of sp³-hybridized carbons (Fsp3) is 0.143. The van der Waals surface area contributed by atoms with Gasteiger partial charge in [0.25, 0.3) is 0 Å². The maximum atomic E-state index is 8.93. The van der Waals surface area contributed by atoms with Crippen molar-refractivity contribution in [1.29, 1.82) is 5.26 Å². The third kappa shape index (κ3) is 1.60. The van der Waals surface area contributed by atoms with Gasteiger partial charge in [-0.3, -0.25) is 0 Å². The SMILES string of the molecule is CCn1c(-c2ccsc2)nc2cc(C#N)ccc21. The van der Waals surface area contributed by atoms with Gasteiger partial charge in [0.1, 0.15) is 5.82 Å². The van der Waals surface area contributed by atoms with Crippen molar-refractivity contribution < 1.29 is 0 Å². The van der Waals surface area contributed by atoms with E-state index in [4.69, 9.17) is 5.26 Å². The second kappa shape index (κ2) is 4.28. The molecule has 88 valence electrons. The molecule has 2 aromatic heterocycles. The summed E-state index contributed by atoms with van der Waals surface area (Å²) in [6.45, 7) is 2.97. The van der Waals surface area contributed by atoms with Crippen molar-refractivity contribution in [3.8, 4) is 17.5 Å². The van der Waals surface area contributed by atoms with Crippen LogP contribution in [0.1, 0.15) is 12.5 Å². The second-order valence-electron chi connectivity index (χ2n) is 4.01. The number of rotatable bonds is 2. The van der Waals surface area contributed by atoms with Crippen molar-refractivity contribution in [1.82, 2.24) is 9.55 Å². The first-order valence-corrected chi connectivity index (χ1v) is 6.70. The van der Waals surface area contributed by atoms with E-state index in [2.05, 4.69) is 39.4 Å². The van der Waals surface area contributed by atoms with Gasteiger partial charge >= 0.3 is 0 Å². The van der Waals surface area contributed by atoms with Crippen LogP contribution >= 0.6 is 11.3 Å². The van der Waals surface area contributed by atoms with Gasteiger partial charge in [-0.2, -0.15) is 16.6 Å². The summed E-state index contributed by atoms with van der Waals surface area (Å²) < 4.78 is 2.18. The normalized spacial score (nSPS) is 10.7. The summed E-state index contributed by atoms with van der Waals surface area (Å²) in [6, 6.07) is 9.88. The van der Waals surface area contributed by atoms with Crippen LogP contribution in [0.3, 0.4) is 0 Å². The lowest BCUT2D eigenvalue weighted by molar-refractivity contribution is 0.797. The number of benzene rings is 1. The molecular formula is C14H11N3S. The molecule has 3 rings (SSSR count). The molecule has 4 heteroatoms. The van der Waals surface area contributed by atoms with Gasteiger partial charge in [0.2, 0.25) is 0 Å². The van der Waals surface area contributed by atoms with Crippen molar-refractivity contribution in [2.45, 2.75) is 13.5 Å². The number of hydrogen-bond acceptors (Lipinski definition) is 3. The standard InChI is InChI=1S/C14H11N3S/c1-2-17-13-4-3-10(8-15)7-12(13)16-14(17)11-5-6-18-9-11/h3-7,9H,2H2,1H3. The molecule has 18 heavy (non-hydrogen) atoms. The van der Waals surface area contributed by atoms with Crippen molar-refractivity contribution >= 4 is 22.4 Å². The molecule has 0 radical (unpaired) electrons. The van der Waals surface area contributed by atoms with Gasteiger partial charge < -0.3 is 4.57 Å². The Hall–Kier alpha value is -2.12. The molecule has 0 atom stereocenters. The predicted molar refractivity (Wildman–Crippen MR) is 73.4 cm³/mol. The number of thiophene rings is 1. The fourth-order valence-electron chi connectivity index (χ4n) is 2.13. The van der Waals surface area contributed by atoms with E-state index < -0.39 is 0 Å². The maximum Gasteiger partial charge on any atom is 0.141 e. The molecule has 0 amide bonds. The summed E-state index contributed by atoms with van der Waals surface area (Å²) in [5.41, 5.74) is 3.76. The summed E-state index contributed by atoms with van der Waals surface area (Å²) in [5, 5.41) is 13.1. The molecule has 0 aliphatic heterocycles. The first-order chi connectivity index (χ1) is 8.83. The van der Waals surface area contributed by atoms with Gasteiger partial charge in [-0.1, -0.05) is 0 Å². The Balaban J connectivity index is 2.30. The summed E-state index contributed by atoms with van der Waals surface area (Å²) in [6.07, 6.45) is 0. The van der Waals surface area contributed by atoms with Gasteiger partial charge in [-0.25, -0.2) is 4.98 Å². The molecule has 2 heterocycles. The zero-order valence-electron chi connectivity index (χ0n) is 9.92. The van der Waals surface area contributed by atoms with Gasteiger partial charge in [-0.15, -0.1) is 0 Å². The molecule has 0 unspecified atom stereocenters. The quantitative estimate of drug-likeness (QED) is 0.699. The summed E-state index contributed by atoms with van der Waals surface area (Å²) >= 11 is 1.67. The van der Waals surface area contributed by atoms with Crippen LogP contribution in [0.2, 0.25) is 0 Å². The van der Waals surface area contributed by atoms with E-state index in [0.29, 0.717) is 5.56 Å². The number of nitriles is 1. The van der Waals surface area contributed by atoms with E-state index in [0.717, 1.165) is 29.0 Å². The lowest BCUT2D eigenvalue weighted by atomic mass is 10.2. The van der Waals surface area contributed by atoms with Gasteiger partial charge in [0, 0.05) is 17.5 Å². The molecule has 0 aliphatic rings. The van der Waals surface area contributed by atoms with Crippen LogP contribution in [-0.4, -0.2) is 9.55 Å². The zero-order chi connectivity index (χ0) is 12.5. The third-order valence-corrected chi connectivity index (χ3v) is 3.66. The highest BCUT2D eigenvalue weighted by molar-refractivity contribution is 7.08. The Morgan fingerprint density at radius 2 is 2.28 bits per heavy atom. The molecule has 0 saturated heterocycles. The second-order valence-corrected chi connectivity index (χ2v) is 4.79. The van der Waals surface area contributed by atoms with E-state index in [1.807, 2.05) is 18.2 Å². The Kier molecular flexibility index (Phi) is 2.62. The van der Waals surface area contributed by atoms with E-state index in [9.17, 15) is 0 Å². The number of nitrogens with zero attached hydrogens (tertiary/aromatic N) is 3. The van der Waals surface area contributed by atoms with Crippen molar-refractivity contribution in [2.24, 2.45) is 0 Å². The lowest BCUT2D eigenvalue weighted by Crippen LogP contribution is -1.96. The molecule has 0 fully saturated rings. The number of imidazole rings is 1. The number of hydrogen-bond donors (Lipinski definition) is 0. The highest BCUT2D eigenvalue weighted by Crippen LogP contribution is 2.26. The largest absolute Gasteiger partial charge is 0.324 e. The molecule has 1 aromatic carbocycles. The first-order valence-electron chi connectivity index (χ1n) is 5.76. The monoisotopic (exact) mass is 253 g/mol. The van der Waals surface area contributed by atoms with Crippen molar-refractivity contribution in [2.75, 3.05) is 0 Å². The average Bonchev–Trinajstić information content (AvgIpc) is 3.04. The zero-order valence-corrected chi connectivity index (χ0v) is 10.7. The Morgan fingerprint density at radius 1 is 1.39 bits per heavy atom. The Bertz CT molecular complexity index is 732. The molecule has 3 nitrogen and oxygen atoms in total. The molecule has 0 saturated carbocycles. The minimum Gasteiger partial charge on any atom is -0.324 e. The van der Waals surface area contributed by atoms with Crippen LogP contribution < -0.4 is 0 Å². The fourth-order valence-corrected chi connectivity index (χ4v) is 2.77. The minimum atomic E-state index is 0.653. The van der Waals surface area contributed by atoms with Crippen molar-refractivity contribution in [3.05, 3.63) is 40.6 Å². The predicted octanol–water partition coefficient (Wildman–Crippen LogP) is 3.66. The molecular weight excluding hydrogens is 242 g/mol. The van der Waals surface area contributed by atoms with Gasteiger partial charge in [-0.05, 0) is 36.6 Å². The summed E-state index contributed by atoms with van der Waals surface area (Å²) in [7, 11) is 0. The van der Waals surface area contributed by atoms with E-state index in [-0.39, 0.29) is 0 Å². The minimum absolute atomic E-state index is 0.653. The molecule has 3 aromatic rings. The van der Waals surface area contributed by atoms with Gasteiger partial charge in [0.15, 0.2) is 0 Å². The topological polar surface area (TPSA) is 41.6 Å². The molecule has 0 N–H and O–H groups in total. The number of aromatic nitrogens is 2. The van der Waals surface area contributed by atoms with Crippen molar-refractivity contribution in [3.63, 3.8) is 0 Å². The smallest absolute Gasteiger partial charge is 0.141 e. The van der Waals surface area contributed by atoms with Crippen LogP contribution in [0.5, 0.6) is 0 Å². The average molecular weight is 253 g/mol. The van der Waals surface area contributed by atoms with E-state index >= 15 is 0 Å². The number of fused-ring (bicyclic) bond motifs is 1. The van der Waals surface area contributed by atoms with E-state index in [1.54, 1.807) is 11.3 Å². The summed E-state index contributed by atoms with van der Waals surface area (Å²) in [5.74, 6) is 0.976. The lowest BCUT2D eigenvalue weighted by Gasteiger charge is -2.03. The Labute approximate surface area is 109 Å². The van der Waals surface area contributed by atoms with Crippen LogP contribution in [0, 0.1) is 11.3 Å². The van der Waals surface area contributed by atoms with E-state index in [1.165, 1.54) is 0 Å². The van der Waals surface area contributed by atoms with Crippen LogP contribution in [0.15, 0.2) is 35.0 Å². The van der Waals surface area contributed by atoms with Crippen LogP contribution in [-0.2, 0) is 6.54 Å². The molecule has 0 spiro atoms. The molecule has 0 bridgehead atoms. The van der Waals surface area contributed by atoms with Crippen LogP contribution in [0.4, 0.5) is 0 Å². The summed E-state index contributed by atoms with van der Waals surface area (Å²) in [4.78, 5) is 4.65.